The van der Waals surface area contributed by atoms with Gasteiger partial charge in [0.05, 0.1) is 30.2 Å². The van der Waals surface area contributed by atoms with E-state index in [-0.39, 0.29) is 12.0 Å². The first-order chi connectivity index (χ1) is 16.6. The summed E-state index contributed by atoms with van der Waals surface area (Å²) in [6.07, 6.45) is 4.16. The van der Waals surface area contributed by atoms with Gasteiger partial charge in [-0.1, -0.05) is 17.9 Å². The van der Waals surface area contributed by atoms with Crippen molar-refractivity contribution in [1.82, 2.24) is 9.88 Å². The largest absolute Gasteiger partial charge is 0.497 e. The van der Waals surface area contributed by atoms with Crippen molar-refractivity contribution in [3.05, 3.63) is 57.9 Å². The molecule has 1 aliphatic rings. The Morgan fingerprint density at radius 2 is 2.12 bits per heavy atom. The zero-order valence-corrected chi connectivity index (χ0v) is 20.5. The monoisotopic (exact) mass is 479 g/mol. The summed E-state index contributed by atoms with van der Waals surface area (Å²) in [4.78, 5) is 7.94. The number of methoxy groups -OCH3 is 1. The number of nitrogens with zero attached hydrogens (tertiary/aromatic N) is 2. The summed E-state index contributed by atoms with van der Waals surface area (Å²) < 4.78 is 5.39. The molecule has 3 heterocycles. The van der Waals surface area contributed by atoms with Gasteiger partial charge in [-0.15, -0.1) is 11.3 Å². The molecule has 4 rings (SSSR count). The summed E-state index contributed by atoms with van der Waals surface area (Å²) in [5.41, 5.74) is 8.28. The van der Waals surface area contributed by atoms with Crippen LogP contribution in [-0.4, -0.2) is 53.4 Å². The summed E-state index contributed by atoms with van der Waals surface area (Å²) in [5.74, 6) is 7.21. The highest BCUT2D eigenvalue weighted by Crippen LogP contribution is 2.39. The lowest BCUT2D eigenvalue weighted by Gasteiger charge is -2.40. The summed E-state index contributed by atoms with van der Waals surface area (Å²) >= 11 is 1.66. The van der Waals surface area contributed by atoms with Gasteiger partial charge in [-0.2, -0.15) is 0 Å². The number of rotatable bonds is 8. The highest BCUT2D eigenvalue weighted by Gasteiger charge is 2.34. The molecular weight excluding hydrogens is 446 g/mol. The van der Waals surface area contributed by atoms with Gasteiger partial charge in [0.1, 0.15) is 5.75 Å². The van der Waals surface area contributed by atoms with Crippen LogP contribution in [0.2, 0.25) is 0 Å². The van der Waals surface area contributed by atoms with Crippen LogP contribution in [-0.2, 0) is 6.54 Å². The average molecular weight is 480 g/mol. The molecule has 0 spiro atoms. The SMILES string of the molecule is COc1ccc2ncc(CN)c(C(O)CCC3(CO)CCN(CC#Cc4cccs4)CC3)c2c1. The van der Waals surface area contributed by atoms with Crippen LogP contribution in [0.1, 0.15) is 47.8 Å². The van der Waals surface area contributed by atoms with Crippen LogP contribution in [0.4, 0.5) is 0 Å². The fraction of sp³-hybridized carbons (Fsp3) is 0.444. The minimum Gasteiger partial charge on any atom is -0.497 e. The lowest BCUT2D eigenvalue weighted by atomic mass is 9.74. The predicted molar refractivity (Wildman–Crippen MR) is 137 cm³/mol. The zero-order chi connectivity index (χ0) is 24.0. The quantitative estimate of drug-likeness (QED) is 0.427. The van der Waals surface area contributed by atoms with E-state index in [0.29, 0.717) is 13.0 Å². The standard InChI is InChI=1S/C27H33N3O3S/c1-33-21-6-7-24-23(16-21)26(20(17-28)18-29-24)25(32)8-9-27(19-31)10-13-30(14-11-27)12-2-4-22-5-3-15-34-22/h3,5-7,15-16,18,25,31-32H,8-14,17,19,28H2,1H3. The Morgan fingerprint density at radius 3 is 2.79 bits per heavy atom. The minimum absolute atomic E-state index is 0.128. The van der Waals surface area contributed by atoms with E-state index < -0.39 is 6.10 Å². The molecule has 2 aromatic heterocycles. The van der Waals surface area contributed by atoms with E-state index in [4.69, 9.17) is 10.5 Å². The molecule has 0 bridgehead atoms. The lowest BCUT2D eigenvalue weighted by Crippen LogP contribution is -2.42. The highest BCUT2D eigenvalue weighted by molar-refractivity contribution is 7.10. The molecule has 0 saturated carbocycles. The van der Waals surface area contributed by atoms with E-state index in [1.165, 1.54) is 0 Å². The first-order valence-corrected chi connectivity index (χ1v) is 12.6. The maximum Gasteiger partial charge on any atom is 0.119 e. The predicted octanol–water partition coefficient (Wildman–Crippen LogP) is 3.70. The number of benzene rings is 1. The molecule has 7 heteroatoms. The molecule has 1 aliphatic heterocycles. The summed E-state index contributed by atoms with van der Waals surface area (Å²) in [5, 5.41) is 24.4. The Balaban J connectivity index is 1.42. The van der Waals surface area contributed by atoms with Crippen molar-refractivity contribution in [2.75, 3.05) is 33.4 Å². The average Bonchev–Trinajstić information content (AvgIpc) is 3.40. The number of aromatic nitrogens is 1. The fourth-order valence-electron chi connectivity index (χ4n) is 4.76. The van der Waals surface area contributed by atoms with Gasteiger partial charge in [-0.3, -0.25) is 9.88 Å². The van der Waals surface area contributed by atoms with Crippen LogP contribution in [0, 0.1) is 17.3 Å². The molecule has 180 valence electrons. The van der Waals surface area contributed by atoms with Gasteiger partial charge in [0, 0.05) is 24.7 Å². The molecule has 0 amide bonds. The first-order valence-electron chi connectivity index (χ1n) is 11.8. The molecule has 0 aliphatic carbocycles. The summed E-state index contributed by atoms with van der Waals surface area (Å²) in [6, 6.07) is 9.73. The summed E-state index contributed by atoms with van der Waals surface area (Å²) in [6.45, 7) is 2.98. The normalized spacial score (nSPS) is 16.7. The number of likely N-dealkylation sites (tertiary alicyclic amines) is 1. The van der Waals surface area contributed by atoms with Crippen molar-refractivity contribution in [3.8, 4) is 17.6 Å². The van der Waals surface area contributed by atoms with Crippen LogP contribution in [0.5, 0.6) is 5.75 Å². The van der Waals surface area contributed by atoms with Crippen molar-refractivity contribution in [2.45, 2.75) is 38.3 Å². The Hall–Kier alpha value is -2.47. The van der Waals surface area contributed by atoms with Crippen LogP contribution >= 0.6 is 11.3 Å². The van der Waals surface area contributed by atoms with Gasteiger partial charge in [-0.25, -0.2) is 0 Å². The molecular formula is C27H33N3O3S. The number of fused-ring (bicyclic) bond motifs is 1. The van der Waals surface area contributed by atoms with Crippen molar-refractivity contribution < 1.29 is 14.9 Å². The zero-order valence-electron chi connectivity index (χ0n) is 19.7. The number of ether oxygens (including phenoxy) is 1. The number of pyridine rings is 1. The molecule has 4 N–H and O–H groups in total. The number of hydrogen-bond acceptors (Lipinski definition) is 7. The number of thiophene rings is 1. The molecule has 1 aromatic carbocycles. The van der Waals surface area contributed by atoms with Crippen molar-refractivity contribution in [3.63, 3.8) is 0 Å². The van der Waals surface area contributed by atoms with Gasteiger partial charge in [0.25, 0.3) is 0 Å². The van der Waals surface area contributed by atoms with Crippen LogP contribution in [0.25, 0.3) is 10.9 Å². The van der Waals surface area contributed by atoms with Gasteiger partial charge in [0.15, 0.2) is 0 Å². The molecule has 0 radical (unpaired) electrons. The van der Waals surface area contributed by atoms with Gasteiger partial charge < -0.3 is 20.7 Å². The molecule has 1 fully saturated rings. The summed E-state index contributed by atoms with van der Waals surface area (Å²) in [7, 11) is 1.63. The number of aliphatic hydroxyl groups excluding tert-OH is 2. The lowest BCUT2D eigenvalue weighted by molar-refractivity contribution is 0.0272. The van der Waals surface area contributed by atoms with E-state index in [1.807, 2.05) is 35.7 Å². The molecule has 34 heavy (non-hydrogen) atoms. The topological polar surface area (TPSA) is 91.8 Å². The molecule has 1 saturated heterocycles. The van der Waals surface area contributed by atoms with E-state index >= 15 is 0 Å². The third-order valence-electron chi connectivity index (χ3n) is 6.99. The van der Waals surface area contributed by atoms with E-state index in [2.05, 4.69) is 21.7 Å². The maximum atomic E-state index is 11.3. The Bertz CT molecular complexity index is 1140. The van der Waals surface area contributed by atoms with Crippen LogP contribution < -0.4 is 10.5 Å². The van der Waals surface area contributed by atoms with E-state index in [0.717, 1.165) is 71.6 Å². The molecule has 1 unspecified atom stereocenters. The third-order valence-corrected chi connectivity index (χ3v) is 7.77. The highest BCUT2D eigenvalue weighted by atomic mass is 32.1. The molecule has 1 atom stereocenters. The minimum atomic E-state index is -0.686. The Morgan fingerprint density at radius 1 is 1.29 bits per heavy atom. The van der Waals surface area contributed by atoms with Crippen molar-refractivity contribution in [1.29, 1.82) is 0 Å². The second-order valence-corrected chi connectivity index (χ2v) is 10.00. The van der Waals surface area contributed by atoms with E-state index in [1.54, 1.807) is 24.6 Å². The molecule has 6 nitrogen and oxygen atoms in total. The Kier molecular flexibility index (Phi) is 8.19. The van der Waals surface area contributed by atoms with Crippen molar-refractivity contribution in [2.24, 2.45) is 11.1 Å². The van der Waals surface area contributed by atoms with E-state index in [9.17, 15) is 10.2 Å². The Labute approximate surface area is 205 Å². The van der Waals surface area contributed by atoms with Gasteiger partial charge in [0.2, 0.25) is 0 Å². The number of nitrogens with two attached hydrogens (primary N) is 1. The van der Waals surface area contributed by atoms with Gasteiger partial charge in [-0.05, 0) is 85.0 Å². The van der Waals surface area contributed by atoms with Crippen molar-refractivity contribution >= 4 is 22.2 Å². The molecule has 3 aromatic rings. The van der Waals surface area contributed by atoms with Crippen LogP contribution in [0.3, 0.4) is 0 Å². The number of aliphatic hydroxyl groups is 2. The number of piperidine rings is 1. The second kappa shape index (κ2) is 11.3. The number of hydrogen-bond donors (Lipinski definition) is 3. The fourth-order valence-corrected chi connectivity index (χ4v) is 5.36. The van der Waals surface area contributed by atoms with Crippen LogP contribution in [0.15, 0.2) is 41.9 Å². The smallest absolute Gasteiger partial charge is 0.119 e. The maximum absolute atomic E-state index is 11.3. The first kappa shape index (κ1) is 24.6. The van der Waals surface area contributed by atoms with Gasteiger partial charge >= 0.3 is 0 Å². The second-order valence-electron chi connectivity index (χ2n) is 9.05. The third kappa shape index (κ3) is 5.60.